The number of amides is 3. The first kappa shape index (κ1) is 37.1. The van der Waals surface area contributed by atoms with E-state index in [0.717, 1.165) is 56.9 Å². The number of esters is 1. The number of ketones is 1. The topological polar surface area (TPSA) is 170 Å². The summed E-state index contributed by atoms with van der Waals surface area (Å²) < 4.78 is 15.6. The number of carbonyl (C=O) groups is 5. The van der Waals surface area contributed by atoms with Crippen LogP contribution in [0.25, 0.3) is 0 Å². The van der Waals surface area contributed by atoms with Crippen LogP contribution in [0.1, 0.15) is 93.1 Å². The fourth-order valence-electron chi connectivity index (χ4n) is 5.62. The maximum absolute atomic E-state index is 13.8. The van der Waals surface area contributed by atoms with Crippen LogP contribution in [0.4, 0.5) is 0 Å². The Morgan fingerprint density at radius 2 is 1.68 bits per heavy atom. The van der Waals surface area contributed by atoms with Crippen molar-refractivity contribution in [2.45, 2.75) is 96.7 Å². The number of nitrogens with one attached hydrogen (secondary N) is 3. The summed E-state index contributed by atoms with van der Waals surface area (Å²) in [5, 5.41) is 7.57. The molecule has 1 saturated carbocycles. The van der Waals surface area contributed by atoms with Crippen LogP contribution in [0.15, 0.2) is 51.9 Å². The first-order valence-corrected chi connectivity index (χ1v) is 16.5. The minimum absolute atomic E-state index is 0.105. The van der Waals surface area contributed by atoms with Crippen molar-refractivity contribution >= 4 is 29.5 Å². The van der Waals surface area contributed by atoms with Crippen molar-refractivity contribution in [3.8, 4) is 0 Å². The summed E-state index contributed by atoms with van der Waals surface area (Å²) in [6.07, 6.45) is 9.50. The van der Waals surface area contributed by atoms with Gasteiger partial charge >= 0.3 is 11.6 Å². The standard InChI is InChI=1S/C35H47N3O9/c1-3-5-8-17-26-18-19-47-35(44)30(26)33(42)37-27(20-24-13-9-6-10-14-24)32(41)38-28(23-45-22-25-15-11-7-12-16-25)31(40)34(43)36-21-29(39)46-4-2/h7,11-12,15-16,18-19,24,27-28H,3-6,8-10,13-14,17,20-23H2,1-2H3,(H,36,43)(H,37,42)(H,38,41)/t27-,28?/m1/s1. The maximum Gasteiger partial charge on any atom is 0.348 e. The first-order valence-electron chi connectivity index (χ1n) is 16.5. The minimum atomic E-state index is -1.43. The van der Waals surface area contributed by atoms with Crippen molar-refractivity contribution in [3.05, 3.63) is 69.8 Å². The van der Waals surface area contributed by atoms with E-state index in [1.54, 1.807) is 13.0 Å². The van der Waals surface area contributed by atoms with Crippen LogP contribution in [-0.2, 0) is 41.7 Å². The highest BCUT2D eigenvalue weighted by Crippen LogP contribution is 2.27. The lowest BCUT2D eigenvalue weighted by Crippen LogP contribution is -2.56. The van der Waals surface area contributed by atoms with Crippen molar-refractivity contribution < 1.29 is 37.9 Å². The molecule has 12 heteroatoms. The molecule has 256 valence electrons. The molecule has 12 nitrogen and oxygen atoms in total. The van der Waals surface area contributed by atoms with Crippen LogP contribution in [0.5, 0.6) is 0 Å². The van der Waals surface area contributed by atoms with E-state index < -0.39 is 53.7 Å². The summed E-state index contributed by atoms with van der Waals surface area (Å²) in [6, 6.07) is 8.21. The van der Waals surface area contributed by atoms with Crippen LogP contribution >= 0.6 is 0 Å². The molecule has 0 saturated heterocycles. The zero-order chi connectivity index (χ0) is 34.0. The molecular weight excluding hydrogens is 606 g/mol. The van der Waals surface area contributed by atoms with Crippen LogP contribution < -0.4 is 21.6 Å². The van der Waals surface area contributed by atoms with Gasteiger partial charge in [0, 0.05) is 0 Å². The lowest BCUT2D eigenvalue weighted by Gasteiger charge is -2.28. The second-order valence-electron chi connectivity index (χ2n) is 11.7. The van der Waals surface area contributed by atoms with Crippen molar-refractivity contribution in [1.82, 2.24) is 16.0 Å². The quantitative estimate of drug-likeness (QED) is 0.117. The summed E-state index contributed by atoms with van der Waals surface area (Å²) >= 11 is 0. The largest absolute Gasteiger partial charge is 0.465 e. The summed E-state index contributed by atoms with van der Waals surface area (Å²) in [4.78, 5) is 77.9. The molecule has 1 heterocycles. The van der Waals surface area contributed by atoms with Gasteiger partial charge in [0.25, 0.3) is 11.8 Å². The Balaban J connectivity index is 1.81. The number of aryl methyl sites for hydroxylation is 1. The molecule has 47 heavy (non-hydrogen) atoms. The summed E-state index contributed by atoms with van der Waals surface area (Å²) in [5.41, 5.74) is 0.400. The van der Waals surface area contributed by atoms with Gasteiger partial charge in [0.2, 0.25) is 11.7 Å². The minimum Gasteiger partial charge on any atom is -0.465 e. The van der Waals surface area contributed by atoms with E-state index in [1.807, 2.05) is 30.3 Å². The van der Waals surface area contributed by atoms with Gasteiger partial charge in [-0.25, -0.2) is 4.79 Å². The Kier molecular flexibility index (Phi) is 15.8. The van der Waals surface area contributed by atoms with E-state index in [9.17, 15) is 28.8 Å². The maximum atomic E-state index is 13.8. The lowest BCUT2D eigenvalue weighted by molar-refractivity contribution is -0.146. The van der Waals surface area contributed by atoms with Gasteiger partial charge in [-0.2, -0.15) is 0 Å². The number of unbranched alkanes of at least 4 members (excludes halogenated alkanes) is 2. The highest BCUT2D eigenvalue weighted by atomic mass is 16.5. The van der Waals surface area contributed by atoms with Gasteiger partial charge in [0.05, 0.1) is 26.1 Å². The molecule has 0 bridgehead atoms. The predicted octanol–water partition coefficient (Wildman–Crippen LogP) is 3.39. The molecule has 1 aromatic carbocycles. The van der Waals surface area contributed by atoms with Gasteiger partial charge in [0.15, 0.2) is 0 Å². The zero-order valence-electron chi connectivity index (χ0n) is 27.3. The van der Waals surface area contributed by atoms with Crippen LogP contribution in [-0.4, -0.2) is 61.3 Å². The Bertz CT molecular complexity index is 1390. The fourth-order valence-corrected chi connectivity index (χ4v) is 5.62. The average Bonchev–Trinajstić information content (AvgIpc) is 3.07. The summed E-state index contributed by atoms with van der Waals surface area (Å²) in [7, 11) is 0. The number of ether oxygens (including phenoxy) is 2. The molecule has 3 amide bonds. The Labute approximate surface area is 275 Å². The number of hydrogen-bond donors (Lipinski definition) is 3. The van der Waals surface area contributed by atoms with E-state index in [4.69, 9.17) is 13.9 Å². The normalized spacial score (nSPS) is 14.4. The second kappa shape index (κ2) is 20.0. The van der Waals surface area contributed by atoms with E-state index in [-0.39, 0.29) is 37.7 Å². The molecule has 1 unspecified atom stereocenters. The van der Waals surface area contributed by atoms with Gasteiger partial charge in [0.1, 0.15) is 24.2 Å². The summed E-state index contributed by atoms with van der Waals surface area (Å²) in [5.74, 6) is -4.15. The van der Waals surface area contributed by atoms with Gasteiger partial charge in [-0.3, -0.25) is 24.0 Å². The molecule has 1 aromatic heterocycles. The van der Waals surface area contributed by atoms with Crippen molar-refractivity contribution in [2.75, 3.05) is 19.8 Å². The zero-order valence-corrected chi connectivity index (χ0v) is 27.3. The monoisotopic (exact) mass is 653 g/mol. The third-order valence-electron chi connectivity index (χ3n) is 8.11. The molecule has 3 rings (SSSR count). The average molecular weight is 654 g/mol. The molecule has 1 aliphatic rings. The molecule has 3 N–H and O–H groups in total. The molecule has 2 atom stereocenters. The number of Topliss-reactive ketones (excluding diaryl/α,β-unsaturated/α-hetero) is 1. The van der Waals surface area contributed by atoms with Gasteiger partial charge in [-0.15, -0.1) is 0 Å². The van der Waals surface area contributed by atoms with Crippen molar-refractivity contribution in [1.29, 1.82) is 0 Å². The highest BCUT2D eigenvalue weighted by molar-refractivity contribution is 6.38. The number of benzene rings is 1. The molecule has 0 radical (unpaired) electrons. The lowest BCUT2D eigenvalue weighted by atomic mass is 9.84. The van der Waals surface area contributed by atoms with E-state index in [2.05, 4.69) is 22.9 Å². The highest BCUT2D eigenvalue weighted by Gasteiger charge is 2.33. The first-order chi connectivity index (χ1) is 22.7. The van der Waals surface area contributed by atoms with E-state index in [0.29, 0.717) is 12.0 Å². The Hall–Kier alpha value is -4.32. The molecule has 0 spiro atoms. The molecule has 2 aromatic rings. The van der Waals surface area contributed by atoms with Crippen molar-refractivity contribution in [2.24, 2.45) is 5.92 Å². The van der Waals surface area contributed by atoms with Crippen LogP contribution in [0.3, 0.4) is 0 Å². The van der Waals surface area contributed by atoms with Gasteiger partial charge in [-0.05, 0) is 49.3 Å². The van der Waals surface area contributed by atoms with Crippen LogP contribution in [0.2, 0.25) is 0 Å². The number of hydrogen-bond acceptors (Lipinski definition) is 9. The van der Waals surface area contributed by atoms with Crippen molar-refractivity contribution in [3.63, 3.8) is 0 Å². The fraction of sp³-hybridized carbons (Fsp3) is 0.543. The third kappa shape index (κ3) is 12.4. The Morgan fingerprint density at radius 3 is 2.38 bits per heavy atom. The predicted molar refractivity (Wildman–Crippen MR) is 173 cm³/mol. The molecule has 0 aliphatic heterocycles. The van der Waals surface area contributed by atoms with Gasteiger partial charge in [-0.1, -0.05) is 82.2 Å². The molecule has 1 aliphatic carbocycles. The Morgan fingerprint density at radius 1 is 0.936 bits per heavy atom. The third-order valence-corrected chi connectivity index (χ3v) is 8.11. The number of carbonyl (C=O) groups excluding carboxylic acids is 5. The van der Waals surface area contributed by atoms with Crippen LogP contribution in [0, 0.1) is 5.92 Å². The summed E-state index contributed by atoms with van der Waals surface area (Å²) in [6.45, 7) is 3.01. The molecular formula is C35H47N3O9. The van der Waals surface area contributed by atoms with Gasteiger partial charge < -0.3 is 29.8 Å². The molecule has 1 fully saturated rings. The number of rotatable bonds is 19. The van der Waals surface area contributed by atoms with E-state index in [1.165, 1.54) is 6.26 Å². The smallest absolute Gasteiger partial charge is 0.348 e. The SMILES string of the molecule is CCCCCc1ccoc(=O)c1C(=O)N[C@H](CC1CCCCC1)C(=O)NC(COCc1ccccc1)C(=O)C(=O)NCC(=O)OCC. The van der Waals surface area contributed by atoms with E-state index >= 15 is 0 Å². The second-order valence-corrected chi connectivity index (χ2v) is 11.7.